The third-order valence-electron chi connectivity index (χ3n) is 4.30. The van der Waals surface area contributed by atoms with Gasteiger partial charge in [-0.1, -0.05) is 39.8 Å². The first-order valence-electron chi connectivity index (χ1n) is 8.07. The molecule has 2 rings (SSSR count). The van der Waals surface area contributed by atoms with E-state index >= 15 is 0 Å². The number of benzene rings is 1. The SMILES string of the molecule is CC(C)CC1CN(c2ccc(C(C)C)cc2)C(C)CN1. The van der Waals surface area contributed by atoms with Gasteiger partial charge in [-0.25, -0.2) is 0 Å². The molecule has 1 N–H and O–H groups in total. The minimum atomic E-state index is 0.573. The third-order valence-corrected chi connectivity index (χ3v) is 4.30. The van der Waals surface area contributed by atoms with Crippen molar-refractivity contribution in [2.24, 2.45) is 5.92 Å². The highest BCUT2D eigenvalue weighted by Crippen LogP contribution is 2.24. The molecule has 0 aromatic heterocycles. The summed E-state index contributed by atoms with van der Waals surface area (Å²) in [5.41, 5.74) is 2.80. The zero-order valence-corrected chi connectivity index (χ0v) is 13.7. The Morgan fingerprint density at radius 3 is 2.35 bits per heavy atom. The number of piperazine rings is 1. The van der Waals surface area contributed by atoms with Gasteiger partial charge in [0.1, 0.15) is 0 Å². The lowest BCUT2D eigenvalue weighted by atomic mass is 9.98. The number of hydrogen-bond donors (Lipinski definition) is 1. The monoisotopic (exact) mass is 274 g/mol. The van der Waals surface area contributed by atoms with Gasteiger partial charge >= 0.3 is 0 Å². The Balaban J connectivity index is 2.08. The highest BCUT2D eigenvalue weighted by atomic mass is 15.2. The molecule has 20 heavy (non-hydrogen) atoms. The Kier molecular flexibility index (Phi) is 5.09. The molecule has 2 nitrogen and oxygen atoms in total. The lowest BCUT2D eigenvalue weighted by Gasteiger charge is -2.41. The second-order valence-corrected chi connectivity index (χ2v) is 6.98. The van der Waals surface area contributed by atoms with Crippen LogP contribution in [0.5, 0.6) is 0 Å². The average Bonchev–Trinajstić information content (AvgIpc) is 2.40. The van der Waals surface area contributed by atoms with Crippen LogP contribution in [0.25, 0.3) is 0 Å². The van der Waals surface area contributed by atoms with Gasteiger partial charge in [0, 0.05) is 30.9 Å². The number of hydrogen-bond acceptors (Lipinski definition) is 2. The van der Waals surface area contributed by atoms with Gasteiger partial charge in [-0.3, -0.25) is 0 Å². The fourth-order valence-corrected chi connectivity index (χ4v) is 3.07. The van der Waals surface area contributed by atoms with Crippen LogP contribution >= 0.6 is 0 Å². The summed E-state index contributed by atoms with van der Waals surface area (Å²) in [5.74, 6) is 1.37. The standard InChI is InChI=1S/C18H30N2/c1-13(2)10-17-12-20(15(5)11-19-17)18-8-6-16(7-9-18)14(3)4/h6-9,13-15,17,19H,10-12H2,1-5H3. The van der Waals surface area contributed by atoms with Gasteiger partial charge < -0.3 is 10.2 Å². The highest BCUT2D eigenvalue weighted by Gasteiger charge is 2.25. The molecule has 2 heteroatoms. The molecule has 2 atom stereocenters. The Morgan fingerprint density at radius 1 is 1.15 bits per heavy atom. The molecule has 1 heterocycles. The second-order valence-electron chi connectivity index (χ2n) is 6.98. The fraction of sp³-hybridized carbons (Fsp3) is 0.667. The average molecular weight is 274 g/mol. The van der Waals surface area contributed by atoms with Crippen LogP contribution in [0.2, 0.25) is 0 Å². The maximum absolute atomic E-state index is 3.69. The molecule has 0 radical (unpaired) electrons. The summed E-state index contributed by atoms with van der Waals surface area (Å²) in [6.45, 7) is 13.6. The van der Waals surface area contributed by atoms with Crippen molar-refractivity contribution in [3.63, 3.8) is 0 Å². The van der Waals surface area contributed by atoms with Crippen LogP contribution in [-0.2, 0) is 0 Å². The second kappa shape index (κ2) is 6.62. The van der Waals surface area contributed by atoms with Crippen molar-refractivity contribution in [1.82, 2.24) is 5.32 Å². The molecule has 0 bridgehead atoms. The maximum Gasteiger partial charge on any atom is 0.0387 e. The predicted octanol–water partition coefficient (Wildman–Crippen LogP) is 4.02. The highest BCUT2D eigenvalue weighted by molar-refractivity contribution is 5.49. The number of rotatable bonds is 4. The summed E-state index contributed by atoms with van der Waals surface area (Å²) in [4.78, 5) is 2.56. The maximum atomic E-state index is 3.69. The van der Waals surface area contributed by atoms with E-state index in [1.807, 2.05) is 0 Å². The van der Waals surface area contributed by atoms with Crippen molar-refractivity contribution < 1.29 is 0 Å². The van der Waals surface area contributed by atoms with Gasteiger partial charge in [0.25, 0.3) is 0 Å². The van der Waals surface area contributed by atoms with E-state index in [0.29, 0.717) is 18.0 Å². The summed E-state index contributed by atoms with van der Waals surface area (Å²) >= 11 is 0. The van der Waals surface area contributed by atoms with Crippen LogP contribution in [0.3, 0.4) is 0 Å². The molecule has 0 aliphatic carbocycles. The van der Waals surface area contributed by atoms with Gasteiger partial charge in [-0.15, -0.1) is 0 Å². The van der Waals surface area contributed by atoms with Crippen molar-refractivity contribution in [2.75, 3.05) is 18.0 Å². The molecule has 0 spiro atoms. The van der Waals surface area contributed by atoms with Gasteiger partial charge in [-0.05, 0) is 42.9 Å². The molecule has 1 fully saturated rings. The van der Waals surface area contributed by atoms with Crippen molar-refractivity contribution >= 4 is 5.69 Å². The first-order chi connectivity index (χ1) is 9.47. The molecule has 1 aromatic carbocycles. The van der Waals surface area contributed by atoms with Gasteiger partial charge in [0.15, 0.2) is 0 Å². The molecular formula is C18H30N2. The van der Waals surface area contributed by atoms with Crippen LogP contribution < -0.4 is 10.2 Å². The summed E-state index contributed by atoms with van der Waals surface area (Å²) in [6, 6.07) is 10.4. The molecule has 1 aromatic rings. The van der Waals surface area contributed by atoms with E-state index in [1.54, 1.807) is 0 Å². The number of nitrogens with zero attached hydrogens (tertiary/aromatic N) is 1. The number of anilines is 1. The normalized spacial score (nSPS) is 23.6. The Bertz CT molecular complexity index is 408. The fourth-order valence-electron chi connectivity index (χ4n) is 3.07. The number of nitrogens with one attached hydrogen (secondary N) is 1. The molecule has 112 valence electrons. The van der Waals surface area contributed by atoms with Crippen LogP contribution in [-0.4, -0.2) is 25.2 Å². The molecule has 0 amide bonds. The minimum Gasteiger partial charge on any atom is -0.366 e. The van der Waals surface area contributed by atoms with Gasteiger partial charge in [0.05, 0.1) is 0 Å². The van der Waals surface area contributed by atoms with Crippen LogP contribution in [0.15, 0.2) is 24.3 Å². The van der Waals surface area contributed by atoms with E-state index < -0.39 is 0 Å². The summed E-state index contributed by atoms with van der Waals surface area (Å²) in [6.07, 6.45) is 1.26. The topological polar surface area (TPSA) is 15.3 Å². The van der Waals surface area contributed by atoms with E-state index in [2.05, 4.69) is 69.1 Å². The first kappa shape index (κ1) is 15.4. The summed E-state index contributed by atoms with van der Waals surface area (Å²) < 4.78 is 0. The van der Waals surface area contributed by atoms with Gasteiger partial charge in [-0.2, -0.15) is 0 Å². The minimum absolute atomic E-state index is 0.573. The van der Waals surface area contributed by atoms with E-state index in [9.17, 15) is 0 Å². The molecule has 1 aliphatic rings. The van der Waals surface area contributed by atoms with Crippen molar-refractivity contribution in [3.05, 3.63) is 29.8 Å². The Morgan fingerprint density at radius 2 is 1.80 bits per heavy atom. The Labute approximate surface area is 124 Å². The van der Waals surface area contributed by atoms with E-state index in [1.165, 1.54) is 17.7 Å². The van der Waals surface area contributed by atoms with Crippen molar-refractivity contribution in [3.8, 4) is 0 Å². The first-order valence-corrected chi connectivity index (χ1v) is 8.07. The van der Waals surface area contributed by atoms with Crippen LogP contribution in [0.4, 0.5) is 5.69 Å². The van der Waals surface area contributed by atoms with Crippen molar-refractivity contribution in [2.45, 2.75) is 59.0 Å². The lowest BCUT2D eigenvalue weighted by Crippen LogP contribution is -2.55. The molecule has 0 saturated carbocycles. The zero-order chi connectivity index (χ0) is 14.7. The zero-order valence-electron chi connectivity index (χ0n) is 13.7. The van der Waals surface area contributed by atoms with Crippen LogP contribution in [0, 0.1) is 5.92 Å². The van der Waals surface area contributed by atoms with Gasteiger partial charge in [0.2, 0.25) is 0 Å². The summed E-state index contributed by atoms with van der Waals surface area (Å²) in [5, 5.41) is 3.69. The Hall–Kier alpha value is -1.02. The van der Waals surface area contributed by atoms with E-state index in [0.717, 1.165) is 19.0 Å². The molecule has 1 saturated heterocycles. The van der Waals surface area contributed by atoms with E-state index in [-0.39, 0.29) is 0 Å². The third kappa shape index (κ3) is 3.76. The van der Waals surface area contributed by atoms with E-state index in [4.69, 9.17) is 0 Å². The quantitative estimate of drug-likeness (QED) is 0.892. The lowest BCUT2D eigenvalue weighted by molar-refractivity contribution is 0.356. The van der Waals surface area contributed by atoms with Crippen LogP contribution in [0.1, 0.15) is 52.5 Å². The molecular weight excluding hydrogens is 244 g/mol. The summed E-state index contributed by atoms with van der Waals surface area (Å²) in [7, 11) is 0. The largest absolute Gasteiger partial charge is 0.366 e. The van der Waals surface area contributed by atoms with Crippen molar-refractivity contribution in [1.29, 1.82) is 0 Å². The smallest absolute Gasteiger partial charge is 0.0387 e. The molecule has 1 aliphatic heterocycles. The predicted molar refractivity (Wildman–Crippen MR) is 88.6 cm³/mol. The molecule has 2 unspecified atom stereocenters.